The van der Waals surface area contributed by atoms with E-state index in [1.54, 1.807) is 13.2 Å². The lowest BCUT2D eigenvalue weighted by atomic mass is 10.0. The zero-order chi connectivity index (χ0) is 13.8. The highest BCUT2D eigenvalue weighted by Gasteiger charge is 2.20. The summed E-state index contributed by atoms with van der Waals surface area (Å²) in [5, 5.41) is 13.6. The molecule has 1 unspecified atom stereocenters. The lowest BCUT2D eigenvalue weighted by molar-refractivity contribution is 0.226. The number of benzene rings is 1. The Morgan fingerprint density at radius 2 is 2.05 bits per heavy atom. The molecule has 2 N–H and O–H groups in total. The molecule has 1 aliphatic heterocycles. The van der Waals surface area contributed by atoms with Crippen molar-refractivity contribution in [1.82, 2.24) is 10.2 Å². The van der Waals surface area contributed by atoms with E-state index in [4.69, 9.17) is 4.74 Å². The number of phenols is 1. The first-order valence-corrected chi connectivity index (χ1v) is 6.91. The summed E-state index contributed by atoms with van der Waals surface area (Å²) in [7, 11) is 3.77. The number of rotatable bonds is 4. The number of piperidine rings is 1. The molecular weight excluding hydrogens is 240 g/mol. The first-order chi connectivity index (χ1) is 9.10. The van der Waals surface area contributed by atoms with Crippen molar-refractivity contribution in [2.75, 3.05) is 27.2 Å². The zero-order valence-electron chi connectivity index (χ0n) is 12.0. The van der Waals surface area contributed by atoms with Crippen molar-refractivity contribution in [2.24, 2.45) is 0 Å². The molecule has 1 heterocycles. The fourth-order valence-electron chi connectivity index (χ4n) is 2.64. The third-order valence-electron chi connectivity index (χ3n) is 3.91. The van der Waals surface area contributed by atoms with E-state index in [1.165, 1.54) is 0 Å². The quantitative estimate of drug-likeness (QED) is 0.874. The Labute approximate surface area is 115 Å². The Morgan fingerprint density at radius 1 is 1.37 bits per heavy atom. The van der Waals surface area contributed by atoms with Crippen LogP contribution >= 0.6 is 0 Å². The molecule has 1 aromatic carbocycles. The van der Waals surface area contributed by atoms with Gasteiger partial charge in [-0.3, -0.25) is 0 Å². The van der Waals surface area contributed by atoms with Crippen molar-refractivity contribution in [3.8, 4) is 11.5 Å². The predicted octanol–water partition coefficient (Wildman–Crippen LogP) is 2.15. The average molecular weight is 264 g/mol. The normalized spacial score (nSPS) is 19.3. The number of hydrogen-bond acceptors (Lipinski definition) is 4. The first kappa shape index (κ1) is 14.2. The molecule has 2 rings (SSSR count). The number of methoxy groups -OCH3 is 1. The van der Waals surface area contributed by atoms with Gasteiger partial charge in [0.05, 0.1) is 7.11 Å². The van der Waals surface area contributed by atoms with Gasteiger partial charge < -0.3 is 20.1 Å². The minimum atomic E-state index is 0.152. The van der Waals surface area contributed by atoms with Crippen LogP contribution in [0.2, 0.25) is 0 Å². The SMILES string of the molecule is COc1ccc(C(C)NC2CCN(C)CC2)c(O)c1. The molecule has 1 atom stereocenters. The van der Waals surface area contributed by atoms with Crippen molar-refractivity contribution in [3.05, 3.63) is 23.8 Å². The lowest BCUT2D eigenvalue weighted by Crippen LogP contribution is -2.41. The monoisotopic (exact) mass is 264 g/mol. The second-order valence-corrected chi connectivity index (χ2v) is 5.39. The van der Waals surface area contributed by atoms with Crippen molar-refractivity contribution in [1.29, 1.82) is 0 Å². The number of hydrogen-bond donors (Lipinski definition) is 2. The second-order valence-electron chi connectivity index (χ2n) is 5.39. The summed E-state index contributed by atoms with van der Waals surface area (Å²) in [5.41, 5.74) is 0.930. The van der Waals surface area contributed by atoms with E-state index < -0.39 is 0 Å². The van der Waals surface area contributed by atoms with Crippen LogP contribution in [-0.2, 0) is 0 Å². The Morgan fingerprint density at radius 3 is 2.63 bits per heavy atom. The number of aromatic hydroxyl groups is 1. The van der Waals surface area contributed by atoms with Crippen LogP contribution in [0.5, 0.6) is 11.5 Å². The van der Waals surface area contributed by atoms with Crippen LogP contribution in [0.15, 0.2) is 18.2 Å². The number of phenolic OH excluding ortho intramolecular Hbond substituents is 1. The molecule has 0 bridgehead atoms. The molecule has 0 aliphatic carbocycles. The largest absolute Gasteiger partial charge is 0.507 e. The molecule has 19 heavy (non-hydrogen) atoms. The van der Waals surface area contributed by atoms with Gasteiger partial charge in [0, 0.05) is 23.7 Å². The van der Waals surface area contributed by atoms with Crippen LogP contribution < -0.4 is 10.1 Å². The van der Waals surface area contributed by atoms with Crippen LogP contribution in [0.1, 0.15) is 31.4 Å². The van der Waals surface area contributed by atoms with Gasteiger partial charge in [0.2, 0.25) is 0 Å². The summed E-state index contributed by atoms with van der Waals surface area (Å²) >= 11 is 0. The molecule has 0 aromatic heterocycles. The molecule has 4 nitrogen and oxygen atoms in total. The minimum Gasteiger partial charge on any atom is -0.507 e. The van der Waals surface area contributed by atoms with Crippen LogP contribution in [0.4, 0.5) is 0 Å². The van der Waals surface area contributed by atoms with E-state index in [0.717, 1.165) is 31.5 Å². The van der Waals surface area contributed by atoms with Crippen molar-refractivity contribution >= 4 is 0 Å². The highest BCUT2D eigenvalue weighted by Crippen LogP contribution is 2.29. The molecule has 1 aliphatic rings. The van der Waals surface area contributed by atoms with E-state index in [0.29, 0.717) is 17.5 Å². The average Bonchev–Trinajstić information content (AvgIpc) is 2.41. The zero-order valence-corrected chi connectivity index (χ0v) is 12.0. The van der Waals surface area contributed by atoms with Crippen LogP contribution in [0, 0.1) is 0 Å². The topological polar surface area (TPSA) is 44.7 Å². The fraction of sp³-hybridized carbons (Fsp3) is 0.600. The highest BCUT2D eigenvalue weighted by atomic mass is 16.5. The molecule has 1 saturated heterocycles. The van der Waals surface area contributed by atoms with Gasteiger partial charge in [-0.05, 0) is 46.0 Å². The van der Waals surface area contributed by atoms with E-state index in [-0.39, 0.29) is 6.04 Å². The van der Waals surface area contributed by atoms with E-state index >= 15 is 0 Å². The summed E-state index contributed by atoms with van der Waals surface area (Å²) in [6, 6.07) is 6.18. The number of ether oxygens (including phenoxy) is 1. The first-order valence-electron chi connectivity index (χ1n) is 6.91. The number of nitrogens with zero attached hydrogens (tertiary/aromatic N) is 1. The van der Waals surface area contributed by atoms with Gasteiger partial charge in [-0.25, -0.2) is 0 Å². The Balaban J connectivity index is 1.97. The molecule has 0 radical (unpaired) electrons. The summed E-state index contributed by atoms with van der Waals surface area (Å²) < 4.78 is 5.11. The van der Waals surface area contributed by atoms with Gasteiger partial charge >= 0.3 is 0 Å². The van der Waals surface area contributed by atoms with Crippen molar-refractivity contribution in [3.63, 3.8) is 0 Å². The molecule has 0 saturated carbocycles. The van der Waals surface area contributed by atoms with E-state index in [9.17, 15) is 5.11 Å². The summed E-state index contributed by atoms with van der Waals surface area (Å²) in [5.74, 6) is 0.986. The molecular formula is C15H24N2O2. The Bertz CT molecular complexity index is 415. The van der Waals surface area contributed by atoms with Crippen LogP contribution in [-0.4, -0.2) is 43.3 Å². The summed E-state index contributed by atoms with van der Waals surface area (Å²) in [6.07, 6.45) is 2.33. The van der Waals surface area contributed by atoms with E-state index in [1.807, 2.05) is 12.1 Å². The minimum absolute atomic E-state index is 0.152. The fourth-order valence-corrected chi connectivity index (χ4v) is 2.64. The van der Waals surface area contributed by atoms with Gasteiger partial charge in [-0.2, -0.15) is 0 Å². The smallest absolute Gasteiger partial charge is 0.124 e. The maximum atomic E-state index is 10.0. The standard InChI is InChI=1S/C15H24N2O2/c1-11(16-12-6-8-17(2)9-7-12)14-5-4-13(19-3)10-15(14)18/h4-5,10-12,16,18H,6-9H2,1-3H3. The maximum absolute atomic E-state index is 10.0. The molecule has 4 heteroatoms. The Hall–Kier alpha value is -1.26. The summed E-state index contributed by atoms with van der Waals surface area (Å²) in [4.78, 5) is 2.35. The summed E-state index contributed by atoms with van der Waals surface area (Å²) in [6.45, 7) is 4.37. The molecule has 1 aromatic rings. The van der Waals surface area contributed by atoms with Gasteiger partial charge in [0.25, 0.3) is 0 Å². The Kier molecular flexibility index (Phi) is 4.66. The predicted molar refractivity (Wildman–Crippen MR) is 76.7 cm³/mol. The second kappa shape index (κ2) is 6.26. The van der Waals surface area contributed by atoms with Gasteiger partial charge in [-0.15, -0.1) is 0 Å². The molecule has 0 spiro atoms. The van der Waals surface area contributed by atoms with Gasteiger partial charge in [-0.1, -0.05) is 6.07 Å². The number of likely N-dealkylation sites (tertiary alicyclic amines) is 1. The van der Waals surface area contributed by atoms with Crippen molar-refractivity contribution in [2.45, 2.75) is 31.8 Å². The highest BCUT2D eigenvalue weighted by molar-refractivity contribution is 5.41. The maximum Gasteiger partial charge on any atom is 0.124 e. The lowest BCUT2D eigenvalue weighted by Gasteiger charge is -2.32. The molecule has 0 amide bonds. The van der Waals surface area contributed by atoms with Gasteiger partial charge in [0.15, 0.2) is 0 Å². The number of nitrogens with one attached hydrogen (secondary N) is 1. The van der Waals surface area contributed by atoms with Crippen LogP contribution in [0.3, 0.4) is 0 Å². The van der Waals surface area contributed by atoms with Crippen molar-refractivity contribution < 1.29 is 9.84 Å². The van der Waals surface area contributed by atoms with Crippen LogP contribution in [0.25, 0.3) is 0 Å². The third-order valence-corrected chi connectivity index (χ3v) is 3.91. The molecule has 106 valence electrons. The molecule has 1 fully saturated rings. The third kappa shape index (κ3) is 3.61. The van der Waals surface area contributed by atoms with E-state index in [2.05, 4.69) is 24.2 Å². The van der Waals surface area contributed by atoms with Gasteiger partial charge in [0.1, 0.15) is 11.5 Å².